The molecule has 4 rings (SSSR count). The Morgan fingerprint density at radius 1 is 1.21 bits per heavy atom. The van der Waals surface area contributed by atoms with Crippen LogP contribution in [0.1, 0.15) is 22.1 Å². The van der Waals surface area contributed by atoms with Gasteiger partial charge < -0.3 is 14.4 Å². The first-order valence-corrected chi connectivity index (χ1v) is 10.0. The van der Waals surface area contributed by atoms with E-state index in [0.29, 0.717) is 11.7 Å². The number of hydrogen-bond donors (Lipinski definition) is 0. The highest BCUT2D eigenvalue weighted by atomic mass is 32.2. The van der Waals surface area contributed by atoms with Gasteiger partial charge in [0.1, 0.15) is 0 Å². The fourth-order valence-electron chi connectivity index (χ4n) is 3.06. The van der Waals surface area contributed by atoms with E-state index in [1.807, 2.05) is 46.2 Å². The number of rotatable bonds is 3. The molecular weight excluding hydrogens is 342 g/mol. The third-order valence-electron chi connectivity index (χ3n) is 4.35. The molecule has 126 valence electrons. The maximum Gasteiger partial charge on any atom is 0.231 e. The topological polar surface area (TPSA) is 38.8 Å². The van der Waals surface area contributed by atoms with Crippen molar-refractivity contribution in [3.05, 3.63) is 46.2 Å². The molecule has 1 aromatic carbocycles. The van der Waals surface area contributed by atoms with Gasteiger partial charge in [0.25, 0.3) is 0 Å². The van der Waals surface area contributed by atoms with Gasteiger partial charge in [0.05, 0.1) is 6.42 Å². The lowest BCUT2D eigenvalue weighted by Crippen LogP contribution is -2.34. The van der Waals surface area contributed by atoms with Crippen LogP contribution >= 0.6 is 23.1 Å². The Hall–Kier alpha value is -1.66. The molecule has 1 fully saturated rings. The summed E-state index contributed by atoms with van der Waals surface area (Å²) in [5.74, 6) is 2.69. The molecule has 1 saturated heterocycles. The fourth-order valence-corrected chi connectivity index (χ4v) is 5.30. The lowest BCUT2D eigenvalue weighted by Gasteiger charge is -2.20. The van der Waals surface area contributed by atoms with E-state index in [0.717, 1.165) is 42.3 Å². The molecule has 1 aromatic heterocycles. The van der Waals surface area contributed by atoms with Crippen LogP contribution in [0, 0.1) is 0 Å². The Balaban J connectivity index is 1.38. The zero-order valence-electron chi connectivity index (χ0n) is 13.3. The van der Waals surface area contributed by atoms with Gasteiger partial charge in [0.15, 0.2) is 11.5 Å². The van der Waals surface area contributed by atoms with E-state index in [9.17, 15) is 4.79 Å². The molecule has 0 spiro atoms. The summed E-state index contributed by atoms with van der Waals surface area (Å²) in [5, 5.41) is 2.65. The number of thioether (sulfide) groups is 1. The lowest BCUT2D eigenvalue weighted by molar-refractivity contribution is -0.130. The van der Waals surface area contributed by atoms with E-state index in [-0.39, 0.29) is 12.7 Å². The fraction of sp³-hybridized carbons (Fsp3) is 0.389. The molecule has 24 heavy (non-hydrogen) atoms. The number of ether oxygens (including phenoxy) is 2. The van der Waals surface area contributed by atoms with Crippen molar-refractivity contribution in [2.45, 2.75) is 18.1 Å². The van der Waals surface area contributed by atoms with Crippen LogP contribution in [0.4, 0.5) is 0 Å². The smallest absolute Gasteiger partial charge is 0.231 e. The third-order valence-corrected chi connectivity index (χ3v) is 6.79. The average molecular weight is 361 g/mol. The number of amides is 1. The standard InChI is InChI=1S/C18H19NO3S2/c20-18(11-13-3-4-14-15(10-13)22-12-21-14)19-6-5-17(24-9-7-19)16-2-1-8-23-16/h1-4,8,10,17H,5-7,9,11-12H2. The predicted molar refractivity (Wildman–Crippen MR) is 97.0 cm³/mol. The van der Waals surface area contributed by atoms with Crippen molar-refractivity contribution in [1.29, 1.82) is 0 Å². The summed E-state index contributed by atoms with van der Waals surface area (Å²) in [6.07, 6.45) is 1.45. The zero-order valence-corrected chi connectivity index (χ0v) is 14.9. The molecule has 3 heterocycles. The van der Waals surface area contributed by atoms with E-state index < -0.39 is 0 Å². The van der Waals surface area contributed by atoms with Crippen LogP contribution in [0.2, 0.25) is 0 Å². The van der Waals surface area contributed by atoms with Crippen LogP contribution < -0.4 is 9.47 Å². The van der Waals surface area contributed by atoms with Gasteiger partial charge in [-0.15, -0.1) is 11.3 Å². The molecule has 1 amide bonds. The monoisotopic (exact) mass is 361 g/mol. The minimum absolute atomic E-state index is 0.196. The summed E-state index contributed by atoms with van der Waals surface area (Å²) in [5.41, 5.74) is 0.982. The van der Waals surface area contributed by atoms with Gasteiger partial charge in [-0.25, -0.2) is 0 Å². The van der Waals surface area contributed by atoms with E-state index in [4.69, 9.17) is 9.47 Å². The van der Waals surface area contributed by atoms with Crippen molar-refractivity contribution in [2.24, 2.45) is 0 Å². The van der Waals surface area contributed by atoms with Gasteiger partial charge in [-0.2, -0.15) is 11.8 Å². The van der Waals surface area contributed by atoms with Gasteiger partial charge in [0, 0.05) is 29.0 Å². The quantitative estimate of drug-likeness (QED) is 0.835. The van der Waals surface area contributed by atoms with Crippen LogP contribution in [0.15, 0.2) is 35.7 Å². The Kier molecular flexibility index (Phi) is 4.67. The van der Waals surface area contributed by atoms with Crippen LogP contribution in [0.5, 0.6) is 11.5 Å². The molecule has 2 aliphatic heterocycles. The van der Waals surface area contributed by atoms with Crippen molar-refractivity contribution in [1.82, 2.24) is 4.90 Å². The maximum absolute atomic E-state index is 12.7. The molecule has 4 nitrogen and oxygen atoms in total. The van der Waals surface area contributed by atoms with Gasteiger partial charge in [0.2, 0.25) is 12.7 Å². The number of hydrogen-bond acceptors (Lipinski definition) is 5. The van der Waals surface area contributed by atoms with Gasteiger partial charge in [-0.05, 0) is 35.6 Å². The Morgan fingerprint density at radius 2 is 2.12 bits per heavy atom. The summed E-state index contributed by atoms with van der Waals surface area (Å²) >= 11 is 3.78. The second-order valence-electron chi connectivity index (χ2n) is 5.91. The molecule has 1 atom stereocenters. The number of carbonyl (C=O) groups is 1. The number of benzene rings is 1. The van der Waals surface area contributed by atoms with E-state index >= 15 is 0 Å². The van der Waals surface area contributed by atoms with Crippen LogP contribution in [0.25, 0.3) is 0 Å². The van der Waals surface area contributed by atoms with Crippen LogP contribution in [-0.2, 0) is 11.2 Å². The first-order valence-electron chi connectivity index (χ1n) is 8.11. The number of carbonyl (C=O) groups excluding carboxylic acids is 1. The second-order valence-corrected chi connectivity index (χ2v) is 8.20. The number of thiophene rings is 1. The van der Waals surface area contributed by atoms with Gasteiger partial charge in [-0.1, -0.05) is 12.1 Å². The predicted octanol–water partition coefficient (Wildman–Crippen LogP) is 3.73. The minimum Gasteiger partial charge on any atom is -0.454 e. The second kappa shape index (κ2) is 7.07. The largest absolute Gasteiger partial charge is 0.454 e. The first kappa shape index (κ1) is 15.8. The van der Waals surface area contributed by atoms with Crippen molar-refractivity contribution in [2.75, 3.05) is 25.6 Å². The first-order chi connectivity index (χ1) is 11.8. The highest BCUT2D eigenvalue weighted by molar-refractivity contribution is 7.99. The van der Waals surface area contributed by atoms with Gasteiger partial charge in [-0.3, -0.25) is 4.79 Å². The molecule has 0 N–H and O–H groups in total. The number of nitrogens with zero attached hydrogens (tertiary/aromatic N) is 1. The Morgan fingerprint density at radius 3 is 3.00 bits per heavy atom. The Bertz CT molecular complexity index is 717. The highest BCUT2D eigenvalue weighted by Gasteiger charge is 2.23. The van der Waals surface area contributed by atoms with E-state index in [2.05, 4.69) is 17.5 Å². The summed E-state index contributed by atoms with van der Waals surface area (Å²) in [6.45, 7) is 1.93. The molecule has 0 aliphatic carbocycles. The molecule has 6 heteroatoms. The van der Waals surface area contributed by atoms with Crippen LogP contribution in [0.3, 0.4) is 0 Å². The normalized spacial score (nSPS) is 20.0. The highest BCUT2D eigenvalue weighted by Crippen LogP contribution is 2.37. The Labute approximate surface area is 149 Å². The summed E-state index contributed by atoms with van der Waals surface area (Å²) in [4.78, 5) is 16.1. The molecule has 2 aromatic rings. The SMILES string of the molecule is O=C(Cc1ccc2c(c1)OCO2)N1CCSC(c2cccs2)CC1. The maximum atomic E-state index is 12.7. The van der Waals surface area contributed by atoms with Crippen LogP contribution in [-0.4, -0.2) is 36.4 Å². The summed E-state index contributed by atoms with van der Waals surface area (Å²) < 4.78 is 10.7. The van der Waals surface area contributed by atoms with E-state index in [1.54, 1.807) is 0 Å². The summed E-state index contributed by atoms with van der Waals surface area (Å²) in [6, 6.07) is 10.1. The number of fused-ring (bicyclic) bond motifs is 1. The van der Waals surface area contributed by atoms with Crippen molar-refractivity contribution < 1.29 is 14.3 Å². The van der Waals surface area contributed by atoms with Crippen molar-refractivity contribution in [3.63, 3.8) is 0 Å². The average Bonchev–Trinajstić information content (AvgIpc) is 3.22. The van der Waals surface area contributed by atoms with E-state index in [1.165, 1.54) is 4.88 Å². The molecular formula is C18H19NO3S2. The molecule has 0 bridgehead atoms. The third kappa shape index (κ3) is 3.39. The minimum atomic E-state index is 0.196. The molecule has 0 radical (unpaired) electrons. The molecule has 0 saturated carbocycles. The lowest BCUT2D eigenvalue weighted by atomic mass is 10.1. The summed E-state index contributed by atoms with van der Waals surface area (Å²) in [7, 11) is 0. The van der Waals surface area contributed by atoms with Crippen molar-refractivity contribution in [3.8, 4) is 11.5 Å². The molecule has 2 aliphatic rings. The van der Waals surface area contributed by atoms with Crippen molar-refractivity contribution >= 4 is 29.0 Å². The molecule has 1 unspecified atom stereocenters. The van der Waals surface area contributed by atoms with Gasteiger partial charge >= 0.3 is 0 Å². The zero-order chi connectivity index (χ0) is 16.4.